The van der Waals surface area contributed by atoms with Crippen molar-refractivity contribution in [2.45, 2.75) is 30.8 Å². The van der Waals surface area contributed by atoms with Crippen molar-refractivity contribution in [3.63, 3.8) is 0 Å². The van der Waals surface area contributed by atoms with Gasteiger partial charge >= 0.3 is 0 Å². The van der Waals surface area contributed by atoms with Crippen LogP contribution in [0.5, 0.6) is 0 Å². The lowest BCUT2D eigenvalue weighted by molar-refractivity contribution is 0.686. The van der Waals surface area contributed by atoms with Crippen LogP contribution >= 0.6 is 11.8 Å². The number of anilines is 1. The van der Waals surface area contributed by atoms with E-state index in [-0.39, 0.29) is 0 Å². The summed E-state index contributed by atoms with van der Waals surface area (Å²) in [5.41, 5.74) is 0. The molecule has 0 amide bonds. The third kappa shape index (κ3) is 2.38. The molecule has 1 aromatic heterocycles. The van der Waals surface area contributed by atoms with Crippen molar-refractivity contribution in [3.8, 4) is 0 Å². The molecular formula is C10H15N3S. The van der Waals surface area contributed by atoms with E-state index in [0.717, 1.165) is 16.8 Å². The van der Waals surface area contributed by atoms with Gasteiger partial charge in [-0.25, -0.2) is 0 Å². The maximum absolute atomic E-state index is 4.12. The summed E-state index contributed by atoms with van der Waals surface area (Å²) in [5.74, 6) is 1.74. The van der Waals surface area contributed by atoms with Crippen LogP contribution in [0.25, 0.3) is 0 Å². The van der Waals surface area contributed by atoms with E-state index in [4.69, 9.17) is 0 Å². The fraction of sp³-hybridized carbons (Fsp3) is 0.600. The number of nitrogens with zero attached hydrogens (tertiary/aromatic N) is 2. The van der Waals surface area contributed by atoms with Gasteiger partial charge in [-0.05, 0) is 44.1 Å². The Morgan fingerprint density at radius 1 is 1.43 bits per heavy atom. The highest BCUT2D eigenvalue weighted by Gasteiger charge is 2.27. The summed E-state index contributed by atoms with van der Waals surface area (Å²) in [6, 6.07) is 4.53. The molecule has 1 atom stereocenters. The Hall–Kier alpha value is -0.770. The molecule has 1 aliphatic carbocycles. The minimum absolute atomic E-state index is 0.532. The number of hydrogen-bond donors (Lipinski definition) is 1. The second kappa shape index (κ2) is 4.17. The Balaban J connectivity index is 1.95. The molecule has 3 nitrogen and oxygen atoms in total. The molecule has 1 N–H and O–H groups in total. The van der Waals surface area contributed by atoms with Crippen LogP contribution in [0.3, 0.4) is 0 Å². The van der Waals surface area contributed by atoms with Gasteiger partial charge in [-0.1, -0.05) is 0 Å². The van der Waals surface area contributed by atoms with Crippen LogP contribution in [-0.2, 0) is 0 Å². The lowest BCUT2D eigenvalue weighted by Gasteiger charge is -2.12. The van der Waals surface area contributed by atoms with Crippen LogP contribution in [0.2, 0.25) is 0 Å². The maximum Gasteiger partial charge on any atom is 0.148 e. The Morgan fingerprint density at radius 3 is 2.71 bits per heavy atom. The normalized spacial score (nSPS) is 17.9. The van der Waals surface area contributed by atoms with Gasteiger partial charge < -0.3 is 5.32 Å². The van der Waals surface area contributed by atoms with E-state index >= 15 is 0 Å². The summed E-state index contributed by atoms with van der Waals surface area (Å²) in [4.78, 5) is 0. The third-order valence-corrected chi connectivity index (χ3v) is 3.19. The number of rotatable bonds is 4. The van der Waals surface area contributed by atoms with E-state index in [1.165, 1.54) is 12.8 Å². The van der Waals surface area contributed by atoms with Crippen molar-refractivity contribution in [1.29, 1.82) is 0 Å². The predicted molar refractivity (Wildman–Crippen MR) is 59.6 cm³/mol. The molecule has 1 aromatic rings. The van der Waals surface area contributed by atoms with Gasteiger partial charge in [-0.3, -0.25) is 0 Å². The lowest BCUT2D eigenvalue weighted by Crippen LogP contribution is -2.18. The van der Waals surface area contributed by atoms with Gasteiger partial charge in [0.1, 0.15) is 10.8 Å². The lowest BCUT2D eigenvalue weighted by atomic mass is 10.2. The van der Waals surface area contributed by atoms with Gasteiger partial charge in [0, 0.05) is 6.04 Å². The van der Waals surface area contributed by atoms with Crippen molar-refractivity contribution >= 4 is 17.6 Å². The number of aromatic nitrogens is 2. The van der Waals surface area contributed by atoms with Crippen LogP contribution in [-0.4, -0.2) is 22.5 Å². The summed E-state index contributed by atoms with van der Waals surface area (Å²) in [6.07, 6.45) is 4.71. The highest BCUT2D eigenvalue weighted by Crippen LogP contribution is 2.33. The quantitative estimate of drug-likeness (QED) is 0.773. The van der Waals surface area contributed by atoms with Gasteiger partial charge in [-0.2, -0.15) is 0 Å². The van der Waals surface area contributed by atoms with Crippen molar-refractivity contribution in [3.05, 3.63) is 12.1 Å². The molecule has 0 saturated heterocycles. The largest absolute Gasteiger partial charge is 0.366 e. The van der Waals surface area contributed by atoms with Crippen LogP contribution in [0.15, 0.2) is 17.2 Å². The fourth-order valence-corrected chi connectivity index (χ4v) is 1.78. The average Bonchev–Trinajstić information content (AvgIpc) is 3.02. The van der Waals surface area contributed by atoms with Gasteiger partial charge in [-0.15, -0.1) is 22.0 Å². The minimum atomic E-state index is 0.532. The van der Waals surface area contributed by atoms with Crippen LogP contribution in [0, 0.1) is 5.92 Å². The molecule has 0 aliphatic heterocycles. The molecule has 4 heteroatoms. The second-order valence-corrected chi connectivity index (χ2v) is 4.56. The zero-order valence-corrected chi connectivity index (χ0v) is 9.34. The molecule has 0 radical (unpaired) electrons. The first-order valence-electron chi connectivity index (χ1n) is 4.94. The van der Waals surface area contributed by atoms with Crippen LogP contribution in [0.4, 0.5) is 5.82 Å². The first-order valence-corrected chi connectivity index (χ1v) is 6.16. The molecule has 2 rings (SSSR count). The summed E-state index contributed by atoms with van der Waals surface area (Å²) in [6.45, 7) is 2.21. The second-order valence-electron chi connectivity index (χ2n) is 3.73. The van der Waals surface area contributed by atoms with Crippen molar-refractivity contribution in [2.75, 3.05) is 11.6 Å². The van der Waals surface area contributed by atoms with E-state index in [1.54, 1.807) is 11.8 Å². The molecule has 1 aliphatic rings. The standard InChI is InChI=1S/C10H15N3S/c1-7(8-3-4-8)11-9-5-6-10(14-2)13-12-9/h5-8H,3-4H2,1-2H3,(H,11,12). The molecule has 14 heavy (non-hydrogen) atoms. The van der Waals surface area contributed by atoms with E-state index in [0.29, 0.717) is 6.04 Å². The Kier molecular flexibility index (Phi) is 2.91. The molecule has 0 bridgehead atoms. The zero-order valence-electron chi connectivity index (χ0n) is 8.53. The molecule has 1 unspecified atom stereocenters. The van der Waals surface area contributed by atoms with E-state index in [9.17, 15) is 0 Å². The van der Waals surface area contributed by atoms with Gasteiger partial charge in [0.05, 0.1) is 0 Å². The summed E-state index contributed by atoms with van der Waals surface area (Å²) < 4.78 is 0. The predicted octanol–water partition coefficient (Wildman–Crippen LogP) is 2.41. The Morgan fingerprint density at radius 2 is 2.21 bits per heavy atom. The first-order chi connectivity index (χ1) is 6.79. The number of thioether (sulfide) groups is 1. The van der Waals surface area contributed by atoms with Gasteiger partial charge in [0.25, 0.3) is 0 Å². The molecule has 1 fully saturated rings. The third-order valence-electron chi connectivity index (χ3n) is 2.55. The van der Waals surface area contributed by atoms with Crippen LogP contribution < -0.4 is 5.32 Å². The summed E-state index contributed by atoms with van der Waals surface area (Å²) >= 11 is 1.61. The minimum Gasteiger partial charge on any atom is -0.366 e. The Bertz CT molecular complexity index is 295. The molecule has 0 spiro atoms. The van der Waals surface area contributed by atoms with E-state index < -0.39 is 0 Å². The topological polar surface area (TPSA) is 37.8 Å². The van der Waals surface area contributed by atoms with E-state index in [1.807, 2.05) is 18.4 Å². The fourth-order valence-electron chi connectivity index (χ4n) is 1.45. The van der Waals surface area contributed by atoms with E-state index in [2.05, 4.69) is 22.4 Å². The molecule has 1 heterocycles. The maximum atomic E-state index is 4.12. The molecule has 76 valence electrons. The van der Waals surface area contributed by atoms with Crippen molar-refractivity contribution < 1.29 is 0 Å². The number of nitrogens with one attached hydrogen (secondary N) is 1. The first kappa shape index (κ1) is 9.77. The summed E-state index contributed by atoms with van der Waals surface area (Å²) in [5, 5.41) is 12.5. The molecular weight excluding hydrogens is 194 g/mol. The number of hydrogen-bond acceptors (Lipinski definition) is 4. The zero-order chi connectivity index (χ0) is 9.97. The smallest absolute Gasteiger partial charge is 0.148 e. The highest BCUT2D eigenvalue weighted by atomic mass is 32.2. The van der Waals surface area contributed by atoms with Crippen molar-refractivity contribution in [2.24, 2.45) is 5.92 Å². The Labute approximate surface area is 88.7 Å². The molecule has 1 saturated carbocycles. The van der Waals surface area contributed by atoms with Crippen LogP contribution in [0.1, 0.15) is 19.8 Å². The molecule has 0 aromatic carbocycles. The van der Waals surface area contributed by atoms with Gasteiger partial charge in [0.15, 0.2) is 0 Å². The summed E-state index contributed by atoms with van der Waals surface area (Å²) in [7, 11) is 0. The average molecular weight is 209 g/mol. The SMILES string of the molecule is CSc1ccc(NC(C)C2CC2)nn1. The highest BCUT2D eigenvalue weighted by molar-refractivity contribution is 7.98. The van der Waals surface area contributed by atoms with Gasteiger partial charge in [0.2, 0.25) is 0 Å². The monoisotopic (exact) mass is 209 g/mol. The van der Waals surface area contributed by atoms with Crippen molar-refractivity contribution in [1.82, 2.24) is 10.2 Å².